The van der Waals surface area contributed by atoms with E-state index in [9.17, 15) is 14.4 Å². The molecule has 3 N–H and O–H groups in total. The van der Waals surface area contributed by atoms with Crippen molar-refractivity contribution in [3.8, 4) is 0 Å². The molecule has 0 atom stereocenters. The van der Waals surface area contributed by atoms with Gasteiger partial charge in [0.05, 0.1) is 178 Å². The first-order valence-electron chi connectivity index (χ1n) is 17.3. The van der Waals surface area contributed by atoms with E-state index in [2.05, 4.69) is 16.0 Å². The van der Waals surface area contributed by atoms with Crippen LogP contribution in [0.15, 0.2) is 0 Å². The van der Waals surface area contributed by atoms with Gasteiger partial charge < -0.3 is 77.5 Å². The van der Waals surface area contributed by atoms with Gasteiger partial charge in [-0.2, -0.15) is 0 Å². The van der Waals surface area contributed by atoms with Gasteiger partial charge in [-0.1, -0.05) is 0 Å². The highest BCUT2D eigenvalue weighted by atomic mass is 16.6. The summed E-state index contributed by atoms with van der Waals surface area (Å²) in [7, 11) is 1.64. The molecule has 51 heavy (non-hydrogen) atoms. The van der Waals surface area contributed by atoms with E-state index in [0.29, 0.717) is 178 Å². The topological polar surface area (TPSA) is 207 Å². The van der Waals surface area contributed by atoms with E-state index in [4.69, 9.17) is 61.6 Å². The lowest BCUT2D eigenvalue weighted by Crippen LogP contribution is -2.41. The second-order valence-electron chi connectivity index (χ2n) is 9.97. The molecule has 3 amide bonds. The summed E-state index contributed by atoms with van der Waals surface area (Å²) >= 11 is 0. The summed E-state index contributed by atoms with van der Waals surface area (Å²) in [5, 5.41) is 7.18. The van der Waals surface area contributed by atoms with Crippen LogP contribution in [-0.2, 0) is 76.0 Å². The van der Waals surface area contributed by atoms with Crippen molar-refractivity contribution in [2.75, 3.05) is 192 Å². The van der Waals surface area contributed by atoms with Crippen LogP contribution in [0.25, 0.3) is 0 Å². The summed E-state index contributed by atoms with van der Waals surface area (Å²) in [6, 6.07) is 0. The summed E-state index contributed by atoms with van der Waals surface area (Å²) in [6.07, 6.45) is 0.409. The van der Waals surface area contributed by atoms with Crippen molar-refractivity contribution < 1.29 is 76.0 Å². The van der Waals surface area contributed by atoms with Gasteiger partial charge in [0.2, 0.25) is 18.2 Å². The van der Waals surface area contributed by atoms with E-state index in [-0.39, 0.29) is 19.0 Å². The zero-order valence-corrected chi connectivity index (χ0v) is 30.4. The Labute approximate surface area is 302 Å². The minimum absolute atomic E-state index is 0.171. The van der Waals surface area contributed by atoms with Crippen LogP contribution in [0.5, 0.6) is 0 Å². The molecule has 0 aliphatic heterocycles. The number of rotatable bonds is 44. The average molecular weight is 746 g/mol. The van der Waals surface area contributed by atoms with Gasteiger partial charge in [0.15, 0.2) is 0 Å². The van der Waals surface area contributed by atoms with E-state index in [1.807, 2.05) is 0 Å². The predicted octanol–water partition coefficient (Wildman–Crippen LogP) is -2.19. The first-order valence-corrected chi connectivity index (χ1v) is 17.3. The van der Waals surface area contributed by atoms with Gasteiger partial charge in [0.1, 0.15) is 0 Å². The Morgan fingerprint density at radius 1 is 0.373 bits per heavy atom. The highest BCUT2D eigenvalue weighted by molar-refractivity contribution is 5.86. The Morgan fingerprint density at radius 3 is 0.902 bits per heavy atom. The number of hydrogen-bond acceptors (Lipinski definition) is 16. The second-order valence-corrected chi connectivity index (χ2v) is 9.97. The van der Waals surface area contributed by atoms with Crippen molar-refractivity contribution in [3.05, 3.63) is 0 Å². The lowest BCUT2D eigenvalue weighted by Gasteiger charge is -2.09. The largest absolute Gasteiger partial charge is 0.382 e. The SMILES string of the molecule is COCCOCCOCCOCCOCCOCCOCCOCCOCCOCCOCCOCCOCCNC(=O)CNC(=O)CNC=O. The van der Waals surface area contributed by atoms with E-state index in [0.717, 1.165) is 0 Å². The zero-order chi connectivity index (χ0) is 37.0. The van der Waals surface area contributed by atoms with Gasteiger partial charge in [-0.25, -0.2) is 0 Å². The van der Waals surface area contributed by atoms with Crippen molar-refractivity contribution >= 4 is 18.2 Å². The molecule has 0 rings (SSSR count). The molecule has 19 nitrogen and oxygen atoms in total. The highest BCUT2D eigenvalue weighted by Gasteiger charge is 2.04. The van der Waals surface area contributed by atoms with Crippen LogP contribution in [0.3, 0.4) is 0 Å². The second kappa shape index (κ2) is 44.1. The van der Waals surface area contributed by atoms with Crippen molar-refractivity contribution in [3.63, 3.8) is 0 Å². The lowest BCUT2D eigenvalue weighted by molar-refractivity contribution is -0.126. The summed E-state index contributed by atoms with van der Waals surface area (Å²) in [5.74, 6) is -0.798. The molecular weight excluding hydrogens is 682 g/mol. The summed E-state index contributed by atoms with van der Waals surface area (Å²) in [6.45, 7) is 12.0. The lowest BCUT2D eigenvalue weighted by atomic mass is 10.5. The Hall–Kier alpha value is -2.11. The molecule has 0 aromatic rings. The van der Waals surface area contributed by atoms with Crippen molar-refractivity contribution in [1.29, 1.82) is 0 Å². The molecule has 0 radical (unpaired) electrons. The molecule has 0 saturated heterocycles. The molecule has 0 fully saturated rings. The van der Waals surface area contributed by atoms with Gasteiger partial charge in [-0.3, -0.25) is 14.4 Å². The van der Waals surface area contributed by atoms with E-state index in [1.54, 1.807) is 7.11 Å². The number of carbonyl (C=O) groups excluding carboxylic acids is 3. The maximum atomic E-state index is 11.6. The molecule has 0 spiro atoms. The predicted molar refractivity (Wildman–Crippen MR) is 182 cm³/mol. The fourth-order valence-corrected chi connectivity index (χ4v) is 3.36. The molecule has 0 unspecified atom stereocenters. The highest BCUT2D eigenvalue weighted by Crippen LogP contribution is 1.87. The van der Waals surface area contributed by atoms with Crippen LogP contribution < -0.4 is 16.0 Å². The minimum atomic E-state index is -0.448. The first-order chi connectivity index (χ1) is 25.2. The monoisotopic (exact) mass is 745 g/mol. The van der Waals surface area contributed by atoms with E-state index in [1.165, 1.54) is 0 Å². The van der Waals surface area contributed by atoms with Crippen molar-refractivity contribution in [2.24, 2.45) is 0 Å². The van der Waals surface area contributed by atoms with Gasteiger partial charge in [0.25, 0.3) is 0 Å². The fourth-order valence-electron chi connectivity index (χ4n) is 3.36. The summed E-state index contributed by atoms with van der Waals surface area (Å²) in [4.78, 5) is 32.9. The molecular formula is C32H63N3O16. The smallest absolute Gasteiger partial charge is 0.239 e. The number of hydrogen-bond donors (Lipinski definition) is 3. The molecule has 0 bridgehead atoms. The molecule has 0 saturated carbocycles. The molecule has 0 aromatic heterocycles. The van der Waals surface area contributed by atoms with Crippen LogP contribution in [0.1, 0.15) is 0 Å². The van der Waals surface area contributed by atoms with E-state index < -0.39 is 5.91 Å². The fraction of sp³-hybridized carbons (Fsp3) is 0.906. The minimum Gasteiger partial charge on any atom is -0.382 e. The van der Waals surface area contributed by atoms with Crippen LogP contribution in [-0.4, -0.2) is 210 Å². The van der Waals surface area contributed by atoms with Crippen LogP contribution in [0.4, 0.5) is 0 Å². The van der Waals surface area contributed by atoms with Gasteiger partial charge >= 0.3 is 0 Å². The van der Waals surface area contributed by atoms with Gasteiger partial charge in [-0.15, -0.1) is 0 Å². The van der Waals surface area contributed by atoms with Crippen LogP contribution >= 0.6 is 0 Å². The molecule has 0 heterocycles. The van der Waals surface area contributed by atoms with E-state index >= 15 is 0 Å². The van der Waals surface area contributed by atoms with Gasteiger partial charge in [-0.05, 0) is 0 Å². The summed E-state index contributed by atoms with van der Waals surface area (Å²) in [5.41, 5.74) is 0. The molecule has 302 valence electrons. The molecule has 19 heteroatoms. The standard InChI is InChI=1S/C32H63N3O16/c1-39-4-5-41-8-9-43-12-13-45-16-17-47-20-21-49-24-25-51-27-26-50-23-22-48-19-18-46-15-14-44-11-10-42-7-6-40-3-2-34-32(38)29-35-31(37)28-33-30-36/h30H,2-29H2,1H3,(H,33,36)(H,34,38)(H,35,37). The third-order valence-electron chi connectivity index (χ3n) is 5.88. The van der Waals surface area contributed by atoms with Crippen LogP contribution in [0, 0.1) is 0 Å². The maximum absolute atomic E-state index is 11.6. The summed E-state index contributed by atoms with van der Waals surface area (Å²) < 4.78 is 70.0. The van der Waals surface area contributed by atoms with Crippen molar-refractivity contribution in [1.82, 2.24) is 16.0 Å². The zero-order valence-electron chi connectivity index (χ0n) is 30.4. The van der Waals surface area contributed by atoms with Crippen LogP contribution in [0.2, 0.25) is 0 Å². The Morgan fingerprint density at radius 2 is 0.627 bits per heavy atom. The first kappa shape index (κ1) is 48.9. The Kier molecular flexibility index (Phi) is 42.2. The number of methoxy groups -OCH3 is 1. The third-order valence-corrected chi connectivity index (χ3v) is 5.88. The third kappa shape index (κ3) is 44.0. The van der Waals surface area contributed by atoms with Gasteiger partial charge in [0, 0.05) is 13.7 Å². The number of amides is 3. The molecule has 0 aliphatic rings. The number of nitrogens with one attached hydrogen (secondary N) is 3. The molecule has 0 aromatic carbocycles. The normalized spacial score (nSPS) is 11.2. The average Bonchev–Trinajstić information content (AvgIpc) is 3.14. The number of carbonyl (C=O) groups is 3. The molecule has 0 aliphatic carbocycles. The Balaban J connectivity index is 3.11. The number of ether oxygens (including phenoxy) is 13. The maximum Gasteiger partial charge on any atom is 0.239 e. The Bertz CT molecular complexity index is 745. The van der Waals surface area contributed by atoms with Crippen molar-refractivity contribution in [2.45, 2.75) is 0 Å². The quantitative estimate of drug-likeness (QED) is 0.0447.